The Morgan fingerprint density at radius 3 is 2.69 bits per heavy atom. The Hall–Kier alpha value is -3.40. The second kappa shape index (κ2) is 14.8. The molecular weight excluding hydrogens is 464 g/mol. The van der Waals surface area contributed by atoms with Crippen LogP contribution in [0, 0.1) is 0 Å². The summed E-state index contributed by atoms with van der Waals surface area (Å²) in [5.74, 6) is 0.726. The van der Waals surface area contributed by atoms with Gasteiger partial charge in [-0.2, -0.15) is 0 Å². The summed E-state index contributed by atoms with van der Waals surface area (Å²) in [4.78, 5) is 46.3. The molecule has 10 heteroatoms. The van der Waals surface area contributed by atoms with Gasteiger partial charge in [0.2, 0.25) is 5.91 Å². The van der Waals surface area contributed by atoms with Gasteiger partial charge in [-0.05, 0) is 31.9 Å². The molecule has 0 bridgehead atoms. The number of carbonyl (C=O) groups is 2. The Labute approximate surface area is 210 Å². The van der Waals surface area contributed by atoms with Crippen LogP contribution in [0.2, 0.25) is 0 Å². The summed E-state index contributed by atoms with van der Waals surface area (Å²) in [6.45, 7) is 6.21. The number of nitrogens with zero attached hydrogens (tertiary/aromatic N) is 3. The van der Waals surface area contributed by atoms with Crippen LogP contribution < -0.4 is 21.9 Å². The van der Waals surface area contributed by atoms with Gasteiger partial charge in [-0.3, -0.25) is 23.9 Å². The number of nitrogens with one attached hydrogen (secondary N) is 2. The number of ketones is 1. The normalized spacial score (nSPS) is 12.8. The Balaban J connectivity index is 1.89. The van der Waals surface area contributed by atoms with Crippen molar-refractivity contribution in [2.45, 2.75) is 39.0 Å². The fourth-order valence-electron chi connectivity index (χ4n) is 3.29. The molecule has 2 rings (SSSR count). The maximum Gasteiger partial charge on any atom is 0.294 e. The minimum Gasteiger partial charge on any atom is -0.402 e. The molecule has 1 atom stereocenters. The van der Waals surface area contributed by atoms with Crippen molar-refractivity contribution in [1.82, 2.24) is 14.9 Å². The van der Waals surface area contributed by atoms with Crippen molar-refractivity contribution >= 4 is 35.0 Å². The molecule has 0 aliphatic heterocycles. The first kappa shape index (κ1) is 27.8. The van der Waals surface area contributed by atoms with Crippen LogP contribution in [0.15, 0.2) is 64.3 Å². The number of allylic oxidation sites excluding steroid dienone is 2. The molecule has 0 saturated carbocycles. The van der Waals surface area contributed by atoms with Crippen LogP contribution in [-0.2, 0) is 15.3 Å². The quantitative estimate of drug-likeness (QED) is 0.269. The minimum atomic E-state index is -0.742. The molecule has 4 N–H and O–H groups in total. The fourth-order valence-corrected chi connectivity index (χ4v) is 4.15. The molecule has 188 valence electrons. The Morgan fingerprint density at radius 2 is 2.00 bits per heavy atom. The number of hydrogen-bond acceptors (Lipinski definition) is 8. The van der Waals surface area contributed by atoms with Crippen LogP contribution in [0.5, 0.6) is 0 Å². The number of anilines is 1. The predicted molar refractivity (Wildman–Crippen MR) is 143 cm³/mol. The summed E-state index contributed by atoms with van der Waals surface area (Å²) in [5.41, 5.74) is 7.83. The molecule has 2 aromatic rings. The summed E-state index contributed by atoms with van der Waals surface area (Å²) in [6.07, 6.45) is 5.11. The van der Waals surface area contributed by atoms with Crippen LogP contribution in [0.4, 0.5) is 5.82 Å². The first-order valence-corrected chi connectivity index (χ1v) is 12.6. The molecule has 0 aliphatic carbocycles. The van der Waals surface area contributed by atoms with Gasteiger partial charge in [0.25, 0.3) is 5.56 Å². The maximum absolute atomic E-state index is 12.9. The zero-order chi connectivity index (χ0) is 25.6. The number of rotatable bonds is 14. The third kappa shape index (κ3) is 9.78. The van der Waals surface area contributed by atoms with E-state index in [0.29, 0.717) is 31.0 Å². The molecule has 1 aromatic heterocycles. The van der Waals surface area contributed by atoms with E-state index in [2.05, 4.69) is 20.6 Å². The average Bonchev–Trinajstić information content (AvgIpc) is 2.83. The second-order valence-corrected chi connectivity index (χ2v) is 8.97. The molecule has 1 heterocycles. The first-order chi connectivity index (χ1) is 16.8. The highest BCUT2D eigenvalue weighted by Crippen LogP contribution is 2.12. The summed E-state index contributed by atoms with van der Waals surface area (Å²) < 4.78 is 1.34. The monoisotopic (exact) mass is 498 g/mol. The van der Waals surface area contributed by atoms with E-state index < -0.39 is 11.6 Å². The Bertz CT molecular complexity index is 1090. The van der Waals surface area contributed by atoms with Crippen LogP contribution in [0.3, 0.4) is 0 Å². The molecule has 9 nitrogen and oxygen atoms in total. The van der Waals surface area contributed by atoms with Gasteiger partial charge < -0.3 is 16.4 Å². The maximum atomic E-state index is 12.9. The van der Waals surface area contributed by atoms with Crippen molar-refractivity contribution in [2.75, 3.05) is 30.7 Å². The number of aliphatic imine (C=N–C) groups is 1. The number of amides is 1. The van der Waals surface area contributed by atoms with Gasteiger partial charge in [0, 0.05) is 36.1 Å². The van der Waals surface area contributed by atoms with Crippen molar-refractivity contribution in [3.63, 3.8) is 0 Å². The van der Waals surface area contributed by atoms with E-state index in [1.165, 1.54) is 28.7 Å². The predicted octanol–water partition coefficient (Wildman–Crippen LogP) is 2.55. The molecule has 0 aliphatic rings. The molecular formula is C25H34N6O3S. The SMILES string of the molecule is CCC(C(=O)NCC(=O)CSCc1ccccc1)n1ccnc(NCCN=C(C)C=C(C)N)c1=O. The van der Waals surface area contributed by atoms with Crippen molar-refractivity contribution in [2.24, 2.45) is 10.7 Å². The summed E-state index contributed by atoms with van der Waals surface area (Å²) in [6, 6.07) is 9.14. The molecule has 35 heavy (non-hydrogen) atoms. The van der Waals surface area contributed by atoms with Crippen molar-refractivity contribution < 1.29 is 9.59 Å². The number of nitrogens with two attached hydrogens (primary N) is 1. The number of aromatic nitrogens is 2. The van der Waals surface area contributed by atoms with Crippen molar-refractivity contribution in [3.8, 4) is 0 Å². The standard InChI is InChI=1S/C25H34N6O3S/c1-4-22(24(33)30-15-21(32)17-35-16-20-8-6-5-7-9-20)31-13-12-29-23(25(31)34)28-11-10-27-19(3)14-18(2)26/h5-9,12-14,22H,4,10-11,15-17,26H2,1-3H3,(H,28,29)(H,30,33). The van der Waals surface area contributed by atoms with Gasteiger partial charge in [0.05, 0.1) is 18.8 Å². The molecule has 1 aromatic carbocycles. The van der Waals surface area contributed by atoms with E-state index in [1.54, 1.807) is 13.0 Å². The molecule has 0 fully saturated rings. The number of thioether (sulfide) groups is 1. The highest BCUT2D eigenvalue weighted by Gasteiger charge is 2.21. The number of Topliss-reactive ketones (excluding diaryl/α,β-unsaturated/α-hetero) is 1. The van der Waals surface area contributed by atoms with Crippen LogP contribution >= 0.6 is 11.8 Å². The zero-order valence-corrected chi connectivity index (χ0v) is 21.3. The highest BCUT2D eigenvalue weighted by atomic mass is 32.2. The van der Waals surface area contributed by atoms with Gasteiger partial charge in [-0.15, -0.1) is 11.8 Å². The lowest BCUT2D eigenvalue weighted by molar-refractivity contribution is -0.127. The van der Waals surface area contributed by atoms with Crippen LogP contribution in [0.1, 0.15) is 38.8 Å². The summed E-state index contributed by atoms with van der Waals surface area (Å²) >= 11 is 1.50. The van der Waals surface area contributed by atoms with Crippen LogP contribution in [0.25, 0.3) is 0 Å². The van der Waals surface area contributed by atoms with Gasteiger partial charge in [0.15, 0.2) is 11.6 Å². The minimum absolute atomic E-state index is 0.0733. The van der Waals surface area contributed by atoms with E-state index in [0.717, 1.165) is 17.0 Å². The van der Waals surface area contributed by atoms with Crippen molar-refractivity contribution in [3.05, 3.63) is 70.4 Å². The van der Waals surface area contributed by atoms with Gasteiger partial charge in [-0.1, -0.05) is 37.3 Å². The van der Waals surface area contributed by atoms with E-state index >= 15 is 0 Å². The van der Waals surface area contributed by atoms with Crippen LogP contribution in [-0.4, -0.2) is 52.3 Å². The van der Waals surface area contributed by atoms with Gasteiger partial charge in [-0.25, -0.2) is 4.98 Å². The summed E-state index contributed by atoms with van der Waals surface area (Å²) in [5, 5.41) is 5.65. The topological polar surface area (TPSA) is 131 Å². The third-order valence-electron chi connectivity index (χ3n) is 4.93. The smallest absolute Gasteiger partial charge is 0.294 e. The average molecular weight is 499 g/mol. The Morgan fingerprint density at radius 1 is 1.26 bits per heavy atom. The molecule has 1 amide bonds. The van der Waals surface area contributed by atoms with E-state index in [-0.39, 0.29) is 24.1 Å². The largest absolute Gasteiger partial charge is 0.402 e. The fraction of sp³-hybridized carbons (Fsp3) is 0.400. The van der Waals surface area contributed by atoms with E-state index in [1.807, 2.05) is 44.2 Å². The van der Waals surface area contributed by atoms with Crippen molar-refractivity contribution in [1.29, 1.82) is 0 Å². The molecule has 0 saturated heterocycles. The number of hydrogen-bond donors (Lipinski definition) is 3. The van der Waals surface area contributed by atoms with Gasteiger partial charge in [0.1, 0.15) is 6.04 Å². The Kier molecular flexibility index (Phi) is 11.8. The molecule has 1 unspecified atom stereocenters. The number of carbonyl (C=O) groups excluding carboxylic acids is 2. The highest BCUT2D eigenvalue weighted by molar-refractivity contribution is 7.99. The molecule has 0 spiro atoms. The number of benzene rings is 1. The second-order valence-electron chi connectivity index (χ2n) is 7.99. The van der Waals surface area contributed by atoms with E-state index in [4.69, 9.17) is 5.73 Å². The third-order valence-corrected chi connectivity index (χ3v) is 5.99. The van der Waals surface area contributed by atoms with Gasteiger partial charge >= 0.3 is 0 Å². The lowest BCUT2D eigenvalue weighted by atomic mass is 10.2. The zero-order valence-electron chi connectivity index (χ0n) is 20.5. The lowest BCUT2D eigenvalue weighted by Gasteiger charge is -2.18. The molecule has 0 radical (unpaired) electrons. The first-order valence-electron chi connectivity index (χ1n) is 11.5. The van der Waals surface area contributed by atoms with E-state index in [9.17, 15) is 14.4 Å². The lowest BCUT2D eigenvalue weighted by Crippen LogP contribution is -2.40. The summed E-state index contributed by atoms with van der Waals surface area (Å²) in [7, 11) is 0.